The van der Waals surface area contributed by atoms with E-state index in [1.807, 2.05) is 22.7 Å². The summed E-state index contributed by atoms with van der Waals surface area (Å²) in [5, 5.41) is 19.3. The number of ether oxygens (including phenoxy) is 1. The van der Waals surface area contributed by atoms with E-state index in [4.69, 9.17) is 10.5 Å². The van der Waals surface area contributed by atoms with E-state index in [1.54, 1.807) is 18.2 Å². The van der Waals surface area contributed by atoms with E-state index in [-0.39, 0.29) is 17.8 Å². The topological polar surface area (TPSA) is 102 Å². The minimum absolute atomic E-state index is 0.0691. The van der Waals surface area contributed by atoms with Gasteiger partial charge in [0.2, 0.25) is 0 Å². The Labute approximate surface area is 178 Å². The Kier molecular flexibility index (Phi) is 4.81. The predicted molar refractivity (Wildman–Crippen MR) is 114 cm³/mol. The highest BCUT2D eigenvalue weighted by Gasteiger charge is 2.31. The summed E-state index contributed by atoms with van der Waals surface area (Å²) in [5.74, 6) is 0.306. The van der Waals surface area contributed by atoms with Gasteiger partial charge in [0.05, 0.1) is 18.7 Å². The molecule has 1 fully saturated rings. The molecular weight excluding hydrogens is 399 g/mol. The summed E-state index contributed by atoms with van der Waals surface area (Å²) in [5.41, 5.74) is 8.96. The monoisotopic (exact) mass is 422 g/mol. The first-order chi connectivity index (χ1) is 14.9. The third-order valence-corrected chi connectivity index (χ3v) is 6.01. The lowest BCUT2D eigenvalue weighted by Gasteiger charge is -2.24. The second kappa shape index (κ2) is 7.52. The molecule has 1 saturated heterocycles. The van der Waals surface area contributed by atoms with Crippen molar-refractivity contribution < 1.29 is 14.2 Å². The molecule has 0 unspecified atom stereocenters. The number of nitrogens with two attached hydrogens (primary N) is 1. The Hall–Kier alpha value is -3.14. The van der Waals surface area contributed by atoms with Crippen molar-refractivity contribution in [2.75, 3.05) is 20.2 Å². The number of nitrogens with zero attached hydrogens (tertiary/aromatic N) is 5. The number of halogens is 1. The molecule has 0 bridgehead atoms. The van der Waals surface area contributed by atoms with Gasteiger partial charge >= 0.3 is 0 Å². The summed E-state index contributed by atoms with van der Waals surface area (Å²) in [6, 6.07) is 10.3. The maximum absolute atomic E-state index is 14.0. The maximum atomic E-state index is 14.0. The van der Waals surface area contributed by atoms with Crippen LogP contribution in [0.4, 0.5) is 4.39 Å². The first kappa shape index (κ1) is 19.8. The number of methoxy groups -OCH3 is 1. The van der Waals surface area contributed by atoms with Gasteiger partial charge in [-0.2, -0.15) is 0 Å². The van der Waals surface area contributed by atoms with E-state index < -0.39 is 11.9 Å². The molecule has 3 N–H and O–H groups in total. The van der Waals surface area contributed by atoms with Gasteiger partial charge in [-0.1, -0.05) is 12.1 Å². The molecule has 31 heavy (non-hydrogen) atoms. The van der Waals surface area contributed by atoms with Gasteiger partial charge in [-0.3, -0.25) is 9.30 Å². The Bertz CT molecular complexity index is 1270. The lowest BCUT2D eigenvalue weighted by Crippen LogP contribution is -2.32. The number of hydrogen-bond donors (Lipinski definition) is 2. The molecule has 9 heteroatoms. The summed E-state index contributed by atoms with van der Waals surface area (Å²) in [6.45, 7) is 3.27. The van der Waals surface area contributed by atoms with Crippen molar-refractivity contribution in [2.45, 2.75) is 25.1 Å². The number of likely N-dealkylation sites (tertiary alicyclic amines) is 1. The molecular formula is C22H23FN6O2. The highest BCUT2D eigenvalue weighted by Crippen LogP contribution is 2.28. The first-order valence-corrected chi connectivity index (χ1v) is 10.1. The molecule has 3 aromatic heterocycles. The minimum atomic E-state index is -0.514. The molecule has 1 aromatic carbocycles. The summed E-state index contributed by atoms with van der Waals surface area (Å²) in [4.78, 5) is 6.82. The number of β-amino-alcohol motifs (C(OH)–C–C–N with tert-alkyl or cyclic N) is 1. The van der Waals surface area contributed by atoms with Gasteiger partial charge in [0, 0.05) is 42.8 Å². The average molecular weight is 422 g/mol. The Morgan fingerprint density at radius 3 is 2.77 bits per heavy atom. The van der Waals surface area contributed by atoms with Crippen molar-refractivity contribution in [3.63, 3.8) is 0 Å². The highest BCUT2D eigenvalue weighted by atomic mass is 19.1. The Balaban J connectivity index is 1.54. The number of benzene rings is 1. The summed E-state index contributed by atoms with van der Waals surface area (Å²) in [6.07, 6.45) is 1.48. The van der Waals surface area contributed by atoms with Crippen LogP contribution in [-0.2, 0) is 0 Å². The quantitative estimate of drug-likeness (QED) is 0.520. The highest BCUT2D eigenvalue weighted by molar-refractivity contribution is 5.82. The molecule has 5 rings (SSSR count). The zero-order chi connectivity index (χ0) is 21.7. The van der Waals surface area contributed by atoms with Gasteiger partial charge in [0.25, 0.3) is 0 Å². The number of pyridine rings is 2. The van der Waals surface area contributed by atoms with Crippen LogP contribution in [0.5, 0.6) is 5.75 Å². The number of rotatable bonds is 4. The lowest BCUT2D eigenvalue weighted by atomic mass is 10.1. The van der Waals surface area contributed by atoms with Crippen molar-refractivity contribution >= 4 is 16.6 Å². The van der Waals surface area contributed by atoms with E-state index in [9.17, 15) is 9.50 Å². The van der Waals surface area contributed by atoms with Gasteiger partial charge in [-0.25, -0.2) is 9.37 Å². The third kappa shape index (κ3) is 3.40. The maximum Gasteiger partial charge on any atom is 0.187 e. The third-order valence-electron chi connectivity index (χ3n) is 6.01. The zero-order valence-electron chi connectivity index (χ0n) is 17.2. The van der Waals surface area contributed by atoms with Crippen LogP contribution in [0.3, 0.4) is 0 Å². The molecule has 8 nitrogen and oxygen atoms in total. The van der Waals surface area contributed by atoms with E-state index in [0.29, 0.717) is 41.2 Å². The first-order valence-electron chi connectivity index (χ1n) is 10.1. The van der Waals surface area contributed by atoms with Crippen molar-refractivity contribution in [2.24, 2.45) is 5.73 Å². The molecule has 1 aliphatic rings. The number of hydrogen-bond acceptors (Lipinski definition) is 7. The van der Waals surface area contributed by atoms with Crippen molar-refractivity contribution in [3.05, 3.63) is 54.0 Å². The molecule has 4 aromatic rings. The number of aromatic nitrogens is 4. The van der Waals surface area contributed by atoms with Crippen molar-refractivity contribution in [3.8, 4) is 17.3 Å². The second-order valence-corrected chi connectivity index (χ2v) is 7.95. The Morgan fingerprint density at radius 1 is 1.19 bits per heavy atom. The molecule has 0 amide bonds. The van der Waals surface area contributed by atoms with E-state index in [1.165, 1.54) is 13.2 Å². The minimum Gasteiger partial charge on any atom is -0.494 e. The average Bonchev–Trinajstić information content (AvgIpc) is 3.35. The van der Waals surface area contributed by atoms with E-state index in [2.05, 4.69) is 27.0 Å². The van der Waals surface area contributed by atoms with Gasteiger partial charge in [0.15, 0.2) is 23.0 Å². The number of aliphatic hydroxyl groups excluding tert-OH is 1. The van der Waals surface area contributed by atoms with Crippen molar-refractivity contribution in [1.82, 2.24) is 24.5 Å². The molecule has 160 valence electrons. The van der Waals surface area contributed by atoms with Gasteiger partial charge in [0.1, 0.15) is 5.69 Å². The van der Waals surface area contributed by atoms with Crippen LogP contribution in [0.1, 0.15) is 18.5 Å². The lowest BCUT2D eigenvalue weighted by molar-refractivity contribution is 0.155. The predicted octanol–water partition coefficient (Wildman–Crippen LogP) is 2.16. The van der Waals surface area contributed by atoms with Crippen LogP contribution < -0.4 is 10.5 Å². The zero-order valence-corrected chi connectivity index (χ0v) is 17.2. The SMILES string of the molecule is COc1cc2nc(-c3nnc4ccc([C@H](C)N5C[C@@H](N)[C@@H](O)C5)cn34)ccc2cc1F. The molecule has 1 aliphatic heterocycles. The smallest absolute Gasteiger partial charge is 0.187 e. The fraction of sp³-hybridized carbons (Fsp3) is 0.318. The Morgan fingerprint density at radius 2 is 2.03 bits per heavy atom. The molecule has 4 heterocycles. The molecule has 0 spiro atoms. The van der Waals surface area contributed by atoms with Gasteiger partial charge in [-0.05, 0) is 30.7 Å². The van der Waals surface area contributed by atoms with Crippen LogP contribution in [0, 0.1) is 5.82 Å². The molecule has 0 radical (unpaired) electrons. The van der Waals surface area contributed by atoms with Crippen LogP contribution >= 0.6 is 0 Å². The van der Waals surface area contributed by atoms with Crippen LogP contribution in [0.25, 0.3) is 28.1 Å². The summed E-state index contributed by atoms with van der Waals surface area (Å²) in [7, 11) is 1.43. The molecule has 3 atom stereocenters. The molecule has 0 aliphatic carbocycles. The van der Waals surface area contributed by atoms with E-state index >= 15 is 0 Å². The normalized spacial score (nSPS) is 20.5. The van der Waals surface area contributed by atoms with Crippen LogP contribution in [0.2, 0.25) is 0 Å². The summed E-state index contributed by atoms with van der Waals surface area (Å²) >= 11 is 0. The largest absolute Gasteiger partial charge is 0.494 e. The van der Waals surface area contributed by atoms with Gasteiger partial charge < -0.3 is 15.6 Å². The second-order valence-electron chi connectivity index (χ2n) is 7.95. The summed E-state index contributed by atoms with van der Waals surface area (Å²) < 4.78 is 21.0. The van der Waals surface area contributed by atoms with Gasteiger partial charge in [-0.15, -0.1) is 10.2 Å². The number of fused-ring (bicyclic) bond motifs is 2. The fourth-order valence-corrected chi connectivity index (χ4v) is 4.10. The standard InChI is InChI=1S/C22H23FN6O2/c1-12(28-10-16(24)19(30)11-28)14-4-6-21-26-27-22(29(21)9-14)17-5-3-13-7-15(23)20(31-2)8-18(13)25-17/h3-9,12,16,19,30H,10-11,24H2,1-2H3/t12-,16+,19-/m0/s1. The van der Waals surface area contributed by atoms with Crippen LogP contribution in [0.15, 0.2) is 42.6 Å². The van der Waals surface area contributed by atoms with Crippen LogP contribution in [-0.4, -0.2) is 61.9 Å². The van der Waals surface area contributed by atoms with Crippen molar-refractivity contribution in [1.29, 1.82) is 0 Å². The fourth-order valence-electron chi connectivity index (χ4n) is 4.10. The molecule has 0 saturated carbocycles. The number of aliphatic hydroxyl groups is 1. The van der Waals surface area contributed by atoms with E-state index in [0.717, 1.165) is 5.56 Å².